The van der Waals surface area contributed by atoms with Gasteiger partial charge in [0.05, 0.1) is 31.8 Å². The Labute approximate surface area is 197 Å². The first-order valence-corrected chi connectivity index (χ1v) is 11.2. The van der Waals surface area contributed by atoms with E-state index in [0.29, 0.717) is 16.8 Å². The van der Waals surface area contributed by atoms with Crippen LogP contribution in [0.15, 0.2) is 18.2 Å². The molecule has 0 radical (unpaired) electrons. The molecule has 1 aromatic heterocycles. The van der Waals surface area contributed by atoms with Gasteiger partial charge in [-0.15, -0.1) is 0 Å². The fraction of sp³-hybridized carbons (Fsp3) is 0.565. The molecule has 0 spiro atoms. The molecule has 3 unspecified atom stereocenters. The summed E-state index contributed by atoms with van der Waals surface area (Å²) in [6, 6.07) is 4.46. The first-order valence-electron chi connectivity index (χ1n) is 10.9. The summed E-state index contributed by atoms with van der Waals surface area (Å²) in [4.78, 5) is 36.0. The molecule has 1 aliphatic heterocycles. The number of fused-ring (bicyclic) bond motifs is 1. The molecular formula is C23H28ClN3O6. The van der Waals surface area contributed by atoms with Gasteiger partial charge < -0.3 is 18.9 Å². The Balaban J connectivity index is 1.67. The van der Waals surface area contributed by atoms with E-state index in [-0.39, 0.29) is 29.4 Å². The molecular weight excluding hydrogens is 450 g/mol. The number of ether oxygens (including phenoxy) is 4. The minimum absolute atomic E-state index is 0.104. The van der Waals surface area contributed by atoms with Gasteiger partial charge in [0.25, 0.3) is 5.88 Å². The van der Waals surface area contributed by atoms with E-state index in [2.05, 4.69) is 9.97 Å². The lowest BCUT2D eigenvalue weighted by Crippen LogP contribution is -2.46. The van der Waals surface area contributed by atoms with E-state index in [9.17, 15) is 9.59 Å². The van der Waals surface area contributed by atoms with Crippen LogP contribution in [0.1, 0.15) is 33.6 Å². The highest BCUT2D eigenvalue weighted by atomic mass is 35.5. The Morgan fingerprint density at radius 1 is 1.12 bits per heavy atom. The van der Waals surface area contributed by atoms with E-state index in [0.717, 1.165) is 12.8 Å². The Hall–Kier alpha value is -2.81. The molecule has 3 atom stereocenters. The number of likely N-dealkylation sites (tertiary alicyclic amines) is 1. The van der Waals surface area contributed by atoms with Crippen molar-refractivity contribution in [2.45, 2.75) is 51.4 Å². The lowest BCUT2D eigenvalue weighted by Gasteiger charge is -2.28. The number of carbonyl (C=O) groups is 2. The number of rotatable bonds is 5. The first-order chi connectivity index (χ1) is 15.6. The first kappa shape index (κ1) is 23.4. The zero-order valence-corrected chi connectivity index (χ0v) is 20.1. The molecule has 178 valence electrons. The summed E-state index contributed by atoms with van der Waals surface area (Å²) in [5.41, 5.74) is 0.446. The van der Waals surface area contributed by atoms with Gasteiger partial charge in [0, 0.05) is 12.0 Å². The summed E-state index contributed by atoms with van der Waals surface area (Å²) >= 11 is 6.38. The number of methoxy groups -OCH3 is 2. The Morgan fingerprint density at radius 3 is 2.45 bits per heavy atom. The second-order valence-electron chi connectivity index (χ2n) is 9.35. The van der Waals surface area contributed by atoms with Gasteiger partial charge in [0.15, 0.2) is 5.15 Å². The van der Waals surface area contributed by atoms with Crippen LogP contribution in [-0.4, -0.2) is 65.4 Å². The van der Waals surface area contributed by atoms with Crippen molar-refractivity contribution in [1.29, 1.82) is 0 Å². The van der Waals surface area contributed by atoms with Crippen LogP contribution in [0.5, 0.6) is 11.6 Å². The molecule has 2 heterocycles. The predicted molar refractivity (Wildman–Crippen MR) is 120 cm³/mol. The van der Waals surface area contributed by atoms with Crippen LogP contribution in [0.2, 0.25) is 5.15 Å². The molecule has 9 nitrogen and oxygen atoms in total. The topological polar surface area (TPSA) is 100 Å². The van der Waals surface area contributed by atoms with Crippen LogP contribution < -0.4 is 9.47 Å². The molecule has 10 heteroatoms. The molecule has 1 aromatic carbocycles. The van der Waals surface area contributed by atoms with Gasteiger partial charge in [-0.25, -0.2) is 19.6 Å². The molecule has 33 heavy (non-hydrogen) atoms. The van der Waals surface area contributed by atoms with Gasteiger partial charge in [0.1, 0.15) is 23.5 Å². The maximum absolute atomic E-state index is 13.0. The minimum Gasteiger partial charge on any atom is -0.497 e. The number of hydrogen-bond donors (Lipinski definition) is 0. The molecule has 0 bridgehead atoms. The van der Waals surface area contributed by atoms with Crippen molar-refractivity contribution in [3.05, 3.63) is 23.4 Å². The van der Waals surface area contributed by atoms with Crippen LogP contribution in [0.3, 0.4) is 0 Å². The summed E-state index contributed by atoms with van der Waals surface area (Å²) in [6.45, 7) is 5.47. The molecule has 1 aliphatic carbocycles. The highest BCUT2D eigenvalue weighted by Crippen LogP contribution is 2.46. The van der Waals surface area contributed by atoms with E-state index < -0.39 is 29.8 Å². The second-order valence-corrected chi connectivity index (χ2v) is 9.70. The van der Waals surface area contributed by atoms with E-state index in [1.165, 1.54) is 12.0 Å². The summed E-state index contributed by atoms with van der Waals surface area (Å²) < 4.78 is 22.1. The highest BCUT2D eigenvalue weighted by Gasteiger charge is 2.56. The number of benzene rings is 1. The van der Waals surface area contributed by atoms with Gasteiger partial charge in [-0.2, -0.15) is 0 Å². The fourth-order valence-corrected chi connectivity index (χ4v) is 4.43. The lowest BCUT2D eigenvalue weighted by molar-refractivity contribution is -0.147. The van der Waals surface area contributed by atoms with Gasteiger partial charge in [0.2, 0.25) is 0 Å². The number of aromatic nitrogens is 2. The highest BCUT2D eigenvalue weighted by molar-refractivity contribution is 6.31. The van der Waals surface area contributed by atoms with Crippen LogP contribution >= 0.6 is 11.6 Å². The van der Waals surface area contributed by atoms with Crippen molar-refractivity contribution in [3.63, 3.8) is 0 Å². The smallest absolute Gasteiger partial charge is 0.411 e. The monoisotopic (exact) mass is 477 g/mol. The largest absolute Gasteiger partial charge is 0.497 e. The molecule has 2 aliphatic rings. The van der Waals surface area contributed by atoms with E-state index in [1.807, 2.05) is 0 Å². The van der Waals surface area contributed by atoms with Gasteiger partial charge in [-0.3, -0.25) is 4.90 Å². The van der Waals surface area contributed by atoms with E-state index in [1.54, 1.807) is 46.1 Å². The molecule has 2 aromatic rings. The number of halogens is 1. The maximum Gasteiger partial charge on any atom is 0.411 e. The molecule has 1 saturated carbocycles. The van der Waals surface area contributed by atoms with Crippen LogP contribution in [0.4, 0.5) is 4.79 Å². The third-order valence-corrected chi connectivity index (χ3v) is 6.05. The molecule has 2 fully saturated rings. The van der Waals surface area contributed by atoms with Gasteiger partial charge >= 0.3 is 12.1 Å². The number of carbonyl (C=O) groups excluding carboxylic acids is 2. The van der Waals surface area contributed by atoms with Crippen molar-refractivity contribution in [3.8, 4) is 11.6 Å². The number of amides is 1. The maximum atomic E-state index is 13.0. The average molecular weight is 478 g/mol. The molecule has 4 rings (SSSR count). The predicted octanol–water partition coefficient (Wildman–Crippen LogP) is 3.86. The number of nitrogens with zero attached hydrogens (tertiary/aromatic N) is 3. The molecule has 0 N–H and O–H groups in total. The average Bonchev–Trinajstić information content (AvgIpc) is 3.52. The fourth-order valence-electron chi connectivity index (χ4n) is 4.25. The quantitative estimate of drug-likeness (QED) is 0.598. The van der Waals surface area contributed by atoms with Gasteiger partial charge in [-0.1, -0.05) is 11.6 Å². The minimum atomic E-state index is -0.811. The van der Waals surface area contributed by atoms with Crippen molar-refractivity contribution in [2.24, 2.45) is 11.8 Å². The summed E-state index contributed by atoms with van der Waals surface area (Å²) in [5, 5.41) is 0.104. The zero-order valence-electron chi connectivity index (χ0n) is 19.3. The zero-order chi connectivity index (χ0) is 23.9. The SMILES string of the molecule is COC(=O)C1C(C2CC2)C(Oc2nc3cc(OC)ccc3nc2Cl)CN1C(=O)OC(C)(C)C. The summed E-state index contributed by atoms with van der Waals surface area (Å²) in [7, 11) is 2.88. The summed E-state index contributed by atoms with van der Waals surface area (Å²) in [6.07, 6.45) is 0.766. The Kier molecular flexibility index (Phi) is 6.26. The molecule has 1 amide bonds. The third-order valence-electron chi connectivity index (χ3n) is 5.81. The van der Waals surface area contributed by atoms with Crippen molar-refractivity contribution < 1.29 is 28.5 Å². The Bertz CT molecular complexity index is 1070. The number of esters is 1. The van der Waals surface area contributed by atoms with Gasteiger partial charge in [-0.05, 0) is 51.7 Å². The van der Waals surface area contributed by atoms with Crippen LogP contribution in [0.25, 0.3) is 11.0 Å². The second kappa shape index (κ2) is 8.85. The standard InChI is InChI=1S/C23H28ClN3O6/c1-23(2,3)33-22(29)27-11-16(17(12-6-7-12)18(27)21(28)31-5)32-20-19(24)25-14-9-8-13(30-4)10-15(14)26-20/h8-10,12,16-18H,6-7,11H2,1-5H3. The normalized spacial score (nSPS) is 22.8. The van der Waals surface area contributed by atoms with Crippen molar-refractivity contribution in [1.82, 2.24) is 14.9 Å². The van der Waals surface area contributed by atoms with Crippen molar-refractivity contribution >= 4 is 34.7 Å². The van der Waals surface area contributed by atoms with E-state index >= 15 is 0 Å². The Morgan fingerprint density at radius 2 is 1.85 bits per heavy atom. The van der Waals surface area contributed by atoms with Crippen LogP contribution in [-0.2, 0) is 14.3 Å². The lowest BCUT2D eigenvalue weighted by atomic mass is 9.92. The third kappa shape index (κ3) is 4.93. The summed E-state index contributed by atoms with van der Waals surface area (Å²) in [5.74, 6) is 0.221. The van der Waals surface area contributed by atoms with E-state index in [4.69, 9.17) is 30.5 Å². The van der Waals surface area contributed by atoms with Crippen LogP contribution in [0, 0.1) is 11.8 Å². The van der Waals surface area contributed by atoms with Crippen molar-refractivity contribution in [2.75, 3.05) is 20.8 Å². The number of hydrogen-bond acceptors (Lipinski definition) is 8. The molecule has 1 saturated heterocycles.